The van der Waals surface area contributed by atoms with Crippen molar-refractivity contribution in [2.75, 3.05) is 39.9 Å². The summed E-state index contributed by atoms with van der Waals surface area (Å²) >= 11 is 0. The molecule has 0 bridgehead atoms. The van der Waals surface area contributed by atoms with Crippen molar-refractivity contribution >= 4 is 5.91 Å². The number of rotatable bonds is 1. The highest BCUT2D eigenvalue weighted by Crippen LogP contribution is 2.17. The first-order valence-electron chi connectivity index (χ1n) is 5.36. The number of carbonyl (C=O) groups is 1. The van der Waals surface area contributed by atoms with Crippen LogP contribution in [0.3, 0.4) is 0 Å². The molecule has 4 heteroatoms. The second-order valence-electron chi connectivity index (χ2n) is 4.08. The third-order valence-electron chi connectivity index (χ3n) is 3.13. The third-order valence-corrected chi connectivity index (χ3v) is 3.13. The summed E-state index contributed by atoms with van der Waals surface area (Å²) in [4.78, 5) is 16.1. The van der Waals surface area contributed by atoms with E-state index in [9.17, 15) is 4.79 Å². The van der Waals surface area contributed by atoms with Crippen molar-refractivity contribution < 1.29 is 9.53 Å². The van der Waals surface area contributed by atoms with Crippen LogP contribution in [-0.4, -0.2) is 61.6 Å². The number of likely N-dealkylation sites (tertiary alicyclic amines) is 1. The highest BCUT2D eigenvalue weighted by Gasteiger charge is 2.31. The maximum Gasteiger partial charge on any atom is 0.240 e. The van der Waals surface area contributed by atoms with Gasteiger partial charge in [0, 0.05) is 13.1 Å². The molecule has 0 aromatic heterocycles. The molecule has 4 nitrogen and oxygen atoms in total. The van der Waals surface area contributed by atoms with Crippen LogP contribution < -0.4 is 0 Å². The van der Waals surface area contributed by atoms with E-state index in [0.29, 0.717) is 19.1 Å². The fraction of sp³-hybridized carbons (Fsp3) is 0.900. The summed E-state index contributed by atoms with van der Waals surface area (Å²) in [5.74, 6) is 0.299. The van der Waals surface area contributed by atoms with E-state index in [1.54, 1.807) is 0 Å². The zero-order chi connectivity index (χ0) is 9.97. The number of nitrogens with zero attached hydrogens (tertiary/aromatic N) is 2. The van der Waals surface area contributed by atoms with Crippen LogP contribution in [0, 0.1) is 0 Å². The molecule has 0 aliphatic carbocycles. The van der Waals surface area contributed by atoms with E-state index in [1.807, 2.05) is 11.9 Å². The molecule has 2 aliphatic heterocycles. The van der Waals surface area contributed by atoms with Crippen molar-refractivity contribution in [2.45, 2.75) is 18.9 Å². The fourth-order valence-corrected chi connectivity index (χ4v) is 2.22. The molecule has 2 aliphatic rings. The lowest BCUT2D eigenvalue weighted by atomic mass is 10.2. The Morgan fingerprint density at radius 2 is 2.00 bits per heavy atom. The summed E-state index contributed by atoms with van der Waals surface area (Å²) in [6.45, 7) is 3.98. The molecule has 0 radical (unpaired) electrons. The van der Waals surface area contributed by atoms with Gasteiger partial charge >= 0.3 is 0 Å². The summed E-state index contributed by atoms with van der Waals surface area (Å²) in [5, 5.41) is 0. The summed E-state index contributed by atoms with van der Waals surface area (Å²) in [6, 6.07) is 0.132. The van der Waals surface area contributed by atoms with E-state index in [-0.39, 0.29) is 6.04 Å². The smallest absolute Gasteiger partial charge is 0.240 e. The number of amides is 1. The Kier molecular flexibility index (Phi) is 3.03. The van der Waals surface area contributed by atoms with Gasteiger partial charge in [-0.3, -0.25) is 9.69 Å². The monoisotopic (exact) mass is 198 g/mol. The van der Waals surface area contributed by atoms with Gasteiger partial charge in [0.15, 0.2) is 0 Å². The van der Waals surface area contributed by atoms with Gasteiger partial charge in [-0.05, 0) is 26.4 Å². The Bertz CT molecular complexity index is 214. The predicted octanol–water partition coefficient (Wildman–Crippen LogP) is -0.0606. The van der Waals surface area contributed by atoms with Gasteiger partial charge < -0.3 is 9.64 Å². The number of hydrogen-bond acceptors (Lipinski definition) is 3. The van der Waals surface area contributed by atoms with Gasteiger partial charge in [0.25, 0.3) is 0 Å². The summed E-state index contributed by atoms with van der Waals surface area (Å²) < 4.78 is 5.23. The number of likely N-dealkylation sites (N-methyl/N-ethyl adjacent to an activating group) is 1. The number of hydrogen-bond donors (Lipinski definition) is 0. The Hall–Kier alpha value is -0.610. The molecule has 0 N–H and O–H groups in total. The molecule has 1 atom stereocenters. The normalized spacial score (nSPS) is 29.5. The zero-order valence-corrected chi connectivity index (χ0v) is 8.74. The highest BCUT2D eigenvalue weighted by molar-refractivity contribution is 5.82. The van der Waals surface area contributed by atoms with Crippen molar-refractivity contribution in [3.05, 3.63) is 0 Å². The van der Waals surface area contributed by atoms with Crippen LogP contribution in [0.4, 0.5) is 0 Å². The second kappa shape index (κ2) is 4.28. The van der Waals surface area contributed by atoms with E-state index in [4.69, 9.17) is 4.74 Å². The van der Waals surface area contributed by atoms with Crippen molar-refractivity contribution in [3.63, 3.8) is 0 Å². The standard InChI is InChI=1S/C10H18N2O2/c1-11-4-2-3-9(11)10(13)12-5-7-14-8-6-12/h9H,2-8H2,1H3/t9-/m0/s1. The molecule has 2 rings (SSSR count). The van der Waals surface area contributed by atoms with E-state index < -0.39 is 0 Å². The van der Waals surface area contributed by atoms with E-state index >= 15 is 0 Å². The molecule has 2 heterocycles. The topological polar surface area (TPSA) is 32.8 Å². The minimum absolute atomic E-state index is 0.132. The number of morpholine rings is 1. The predicted molar refractivity (Wildman–Crippen MR) is 53.1 cm³/mol. The van der Waals surface area contributed by atoms with Gasteiger partial charge in [-0.15, -0.1) is 0 Å². The Labute approximate surface area is 84.8 Å². The molecule has 14 heavy (non-hydrogen) atoms. The lowest BCUT2D eigenvalue weighted by Crippen LogP contribution is -2.48. The highest BCUT2D eigenvalue weighted by atomic mass is 16.5. The van der Waals surface area contributed by atoms with Crippen LogP contribution in [0.2, 0.25) is 0 Å². The molecular formula is C10H18N2O2. The van der Waals surface area contributed by atoms with Gasteiger partial charge in [0.05, 0.1) is 19.3 Å². The number of carbonyl (C=O) groups excluding carboxylic acids is 1. The first-order chi connectivity index (χ1) is 6.79. The molecule has 0 spiro atoms. The molecule has 0 aromatic carbocycles. The van der Waals surface area contributed by atoms with Crippen LogP contribution in [0.5, 0.6) is 0 Å². The van der Waals surface area contributed by atoms with Gasteiger partial charge in [-0.2, -0.15) is 0 Å². The van der Waals surface area contributed by atoms with Crippen molar-refractivity contribution in [3.8, 4) is 0 Å². The van der Waals surface area contributed by atoms with Crippen LogP contribution in [0.25, 0.3) is 0 Å². The zero-order valence-electron chi connectivity index (χ0n) is 8.74. The minimum atomic E-state index is 0.132. The Balaban J connectivity index is 1.92. The van der Waals surface area contributed by atoms with Crippen LogP contribution in [0.15, 0.2) is 0 Å². The van der Waals surface area contributed by atoms with Crippen LogP contribution in [0.1, 0.15) is 12.8 Å². The molecule has 80 valence electrons. The molecule has 0 aromatic rings. The molecule has 0 unspecified atom stereocenters. The third kappa shape index (κ3) is 1.91. The average Bonchev–Trinajstić information content (AvgIpc) is 2.65. The van der Waals surface area contributed by atoms with E-state index in [1.165, 1.54) is 0 Å². The van der Waals surface area contributed by atoms with E-state index in [0.717, 1.165) is 32.5 Å². The fourth-order valence-electron chi connectivity index (χ4n) is 2.22. The second-order valence-corrected chi connectivity index (χ2v) is 4.08. The largest absolute Gasteiger partial charge is 0.378 e. The minimum Gasteiger partial charge on any atom is -0.378 e. The summed E-state index contributed by atoms with van der Waals surface area (Å²) in [5.41, 5.74) is 0. The lowest BCUT2D eigenvalue weighted by molar-refractivity contribution is -0.139. The quantitative estimate of drug-likeness (QED) is 0.592. The van der Waals surface area contributed by atoms with Crippen molar-refractivity contribution in [1.29, 1.82) is 0 Å². The van der Waals surface area contributed by atoms with Crippen LogP contribution in [-0.2, 0) is 9.53 Å². The number of ether oxygens (including phenoxy) is 1. The first kappa shape index (κ1) is 9.93. The van der Waals surface area contributed by atoms with Gasteiger partial charge in [0.2, 0.25) is 5.91 Å². The van der Waals surface area contributed by atoms with Gasteiger partial charge in [-0.1, -0.05) is 0 Å². The summed E-state index contributed by atoms with van der Waals surface area (Å²) in [6.07, 6.45) is 2.17. The van der Waals surface area contributed by atoms with Gasteiger partial charge in [-0.25, -0.2) is 0 Å². The molecule has 2 saturated heterocycles. The van der Waals surface area contributed by atoms with Crippen LogP contribution >= 0.6 is 0 Å². The molecule has 1 amide bonds. The maximum absolute atomic E-state index is 12.0. The Morgan fingerprint density at radius 3 is 2.57 bits per heavy atom. The summed E-state index contributed by atoms with van der Waals surface area (Å²) in [7, 11) is 2.04. The SMILES string of the molecule is CN1CCC[C@H]1C(=O)N1CCOCC1. The van der Waals surface area contributed by atoms with Crippen molar-refractivity contribution in [1.82, 2.24) is 9.80 Å². The van der Waals surface area contributed by atoms with Crippen molar-refractivity contribution in [2.24, 2.45) is 0 Å². The lowest BCUT2D eigenvalue weighted by Gasteiger charge is -2.31. The van der Waals surface area contributed by atoms with E-state index in [2.05, 4.69) is 4.90 Å². The molecule has 0 saturated carbocycles. The van der Waals surface area contributed by atoms with Gasteiger partial charge in [0.1, 0.15) is 0 Å². The Morgan fingerprint density at radius 1 is 1.29 bits per heavy atom. The molecule has 2 fully saturated rings. The molecular weight excluding hydrogens is 180 g/mol. The first-order valence-corrected chi connectivity index (χ1v) is 5.36. The maximum atomic E-state index is 12.0. The average molecular weight is 198 g/mol.